The molecule has 1 aliphatic heterocycles. The average Bonchev–Trinajstić information content (AvgIpc) is 3.31. The van der Waals surface area contributed by atoms with Gasteiger partial charge >= 0.3 is 5.97 Å². The number of pyridine rings is 1. The Morgan fingerprint density at radius 1 is 1.19 bits per heavy atom. The molecule has 1 aliphatic rings. The van der Waals surface area contributed by atoms with Gasteiger partial charge in [-0.15, -0.1) is 0 Å². The van der Waals surface area contributed by atoms with Gasteiger partial charge in [0.25, 0.3) is 5.91 Å². The molecule has 3 N–H and O–H groups in total. The molecule has 1 fully saturated rings. The van der Waals surface area contributed by atoms with Gasteiger partial charge in [-0.05, 0) is 24.8 Å². The molecule has 4 aromatic heterocycles. The van der Waals surface area contributed by atoms with E-state index in [1.165, 1.54) is 18.6 Å². The molecule has 0 radical (unpaired) electrons. The molecule has 0 bridgehead atoms. The van der Waals surface area contributed by atoms with Crippen LogP contribution in [0, 0.1) is 11.7 Å². The number of amides is 1. The lowest BCUT2D eigenvalue weighted by molar-refractivity contribution is 0.0635. The van der Waals surface area contributed by atoms with Crippen molar-refractivity contribution in [1.29, 1.82) is 0 Å². The van der Waals surface area contributed by atoms with Gasteiger partial charge in [0, 0.05) is 55.4 Å². The zero-order valence-electron chi connectivity index (χ0n) is 18.8. The first-order valence-corrected chi connectivity index (χ1v) is 11.5. The second-order valence-corrected chi connectivity index (χ2v) is 8.78. The highest BCUT2D eigenvalue weighted by Gasteiger charge is 2.29. The van der Waals surface area contributed by atoms with Gasteiger partial charge in [0.1, 0.15) is 5.65 Å². The van der Waals surface area contributed by atoms with E-state index in [1.807, 2.05) is 0 Å². The number of fused-ring (bicyclic) bond motifs is 1. The first kappa shape index (κ1) is 23.5. The molecule has 1 atom stereocenters. The van der Waals surface area contributed by atoms with Crippen LogP contribution in [0.4, 0.5) is 10.2 Å². The summed E-state index contributed by atoms with van der Waals surface area (Å²) in [5, 5.41) is 13.5. The van der Waals surface area contributed by atoms with Gasteiger partial charge in [-0.1, -0.05) is 11.6 Å². The third kappa shape index (κ3) is 4.67. The third-order valence-corrected chi connectivity index (χ3v) is 6.16. The van der Waals surface area contributed by atoms with E-state index in [0.29, 0.717) is 53.5 Å². The number of nitrogens with one attached hydrogen (secondary N) is 2. The number of aromatic amines is 1. The topological polar surface area (TPSA) is 150 Å². The molecule has 0 saturated carbocycles. The number of hydrogen-bond acceptors (Lipinski definition) is 8. The molecule has 13 heteroatoms. The number of carbonyl (C=O) groups excluding carboxylic acids is 1. The Balaban J connectivity index is 1.30. The normalized spacial score (nSPS) is 15.7. The van der Waals surface area contributed by atoms with Gasteiger partial charge in [0.05, 0.1) is 11.2 Å². The van der Waals surface area contributed by atoms with Gasteiger partial charge in [0.15, 0.2) is 28.8 Å². The summed E-state index contributed by atoms with van der Waals surface area (Å²) in [6, 6.07) is 1.73. The highest BCUT2D eigenvalue weighted by Crippen LogP contribution is 2.28. The van der Waals surface area contributed by atoms with Crippen molar-refractivity contribution in [3.05, 3.63) is 59.3 Å². The predicted molar refractivity (Wildman–Crippen MR) is 128 cm³/mol. The van der Waals surface area contributed by atoms with Crippen molar-refractivity contribution in [2.45, 2.75) is 12.8 Å². The van der Waals surface area contributed by atoms with Crippen LogP contribution in [0.25, 0.3) is 22.4 Å². The van der Waals surface area contributed by atoms with Crippen LogP contribution in [0.5, 0.6) is 0 Å². The highest BCUT2D eigenvalue weighted by molar-refractivity contribution is 6.31. The number of H-pyrrole nitrogens is 1. The van der Waals surface area contributed by atoms with Crippen molar-refractivity contribution in [1.82, 2.24) is 34.8 Å². The second-order valence-electron chi connectivity index (χ2n) is 8.34. The number of aromatic nitrogens is 6. The van der Waals surface area contributed by atoms with Crippen LogP contribution in [0.2, 0.25) is 5.02 Å². The Labute approximate surface area is 208 Å². The Bertz CT molecular complexity index is 1460. The number of hydrogen-bond donors (Lipinski definition) is 3. The molecule has 1 amide bonds. The van der Waals surface area contributed by atoms with E-state index in [1.54, 1.807) is 17.2 Å². The minimum Gasteiger partial charge on any atom is -0.476 e. The van der Waals surface area contributed by atoms with Crippen molar-refractivity contribution in [3.8, 4) is 11.4 Å². The number of likely N-dealkylation sites (tertiary alicyclic amines) is 1. The number of halogens is 2. The van der Waals surface area contributed by atoms with Crippen LogP contribution in [-0.2, 0) is 0 Å². The van der Waals surface area contributed by atoms with Gasteiger partial charge in [0.2, 0.25) is 0 Å². The molecule has 5 rings (SSSR count). The molecule has 4 aromatic rings. The monoisotopic (exact) mass is 510 g/mol. The SMILES string of the molecule is O=C(O)c1nccnc1C(=O)N1CCCC(CNc2nc(-c3c[nH]c4ncc(Cl)cc34)ncc2F)C1. The van der Waals surface area contributed by atoms with Crippen LogP contribution < -0.4 is 5.32 Å². The van der Waals surface area contributed by atoms with Crippen LogP contribution in [0.15, 0.2) is 37.1 Å². The van der Waals surface area contributed by atoms with Gasteiger partial charge in [-0.2, -0.15) is 0 Å². The van der Waals surface area contributed by atoms with E-state index in [0.717, 1.165) is 12.6 Å². The third-order valence-electron chi connectivity index (χ3n) is 5.95. The largest absolute Gasteiger partial charge is 0.476 e. The average molecular weight is 511 g/mol. The number of carbonyl (C=O) groups is 2. The maximum absolute atomic E-state index is 14.5. The quantitative estimate of drug-likeness (QED) is 0.355. The lowest BCUT2D eigenvalue weighted by Gasteiger charge is -2.32. The molecule has 0 aromatic carbocycles. The standard InChI is InChI=1S/C23H20ClFN8O3/c24-13-6-14-15(9-30-19(14)29-8-13)20-31-10-16(25)21(32-20)28-7-12-2-1-5-33(11-12)22(34)17-18(23(35)36)27-4-3-26-17/h3-4,6,8-10,12H,1-2,5,7,11H2,(H,29,30)(H,35,36)(H,28,31,32). The van der Waals surface area contributed by atoms with Crippen LogP contribution in [0.3, 0.4) is 0 Å². The van der Waals surface area contributed by atoms with Crippen LogP contribution in [-0.4, -0.2) is 71.4 Å². The van der Waals surface area contributed by atoms with Gasteiger partial charge in [-0.3, -0.25) is 4.79 Å². The lowest BCUT2D eigenvalue weighted by Crippen LogP contribution is -2.42. The molecule has 1 unspecified atom stereocenters. The molecular weight excluding hydrogens is 491 g/mol. The van der Waals surface area contributed by atoms with E-state index in [-0.39, 0.29) is 23.1 Å². The lowest BCUT2D eigenvalue weighted by atomic mass is 9.97. The van der Waals surface area contributed by atoms with Crippen molar-refractivity contribution >= 4 is 40.3 Å². The Kier molecular flexibility index (Phi) is 6.42. The van der Waals surface area contributed by atoms with E-state index in [4.69, 9.17) is 11.6 Å². The number of anilines is 1. The first-order valence-electron chi connectivity index (χ1n) is 11.1. The van der Waals surface area contributed by atoms with E-state index in [9.17, 15) is 19.1 Å². The van der Waals surface area contributed by atoms with Crippen LogP contribution >= 0.6 is 11.6 Å². The number of rotatable bonds is 6. The summed E-state index contributed by atoms with van der Waals surface area (Å²) in [6.07, 6.45) is 8.34. The predicted octanol–water partition coefficient (Wildman–Crippen LogP) is 3.26. The van der Waals surface area contributed by atoms with Crippen molar-refractivity contribution in [2.75, 3.05) is 25.0 Å². The second kappa shape index (κ2) is 9.82. The zero-order chi connectivity index (χ0) is 25.2. The summed E-state index contributed by atoms with van der Waals surface area (Å²) >= 11 is 6.07. The molecule has 184 valence electrons. The molecule has 1 saturated heterocycles. The van der Waals surface area contributed by atoms with Crippen molar-refractivity contribution in [2.24, 2.45) is 5.92 Å². The minimum atomic E-state index is -1.31. The van der Waals surface area contributed by atoms with Crippen molar-refractivity contribution < 1.29 is 19.1 Å². The van der Waals surface area contributed by atoms with E-state index >= 15 is 0 Å². The molecular formula is C23H20ClFN8O3. The fraction of sp³-hybridized carbons (Fsp3) is 0.261. The summed E-state index contributed by atoms with van der Waals surface area (Å²) in [7, 11) is 0. The van der Waals surface area contributed by atoms with Crippen LogP contribution in [0.1, 0.15) is 33.8 Å². The number of aromatic carboxylic acids is 1. The summed E-state index contributed by atoms with van der Waals surface area (Å²) in [6.45, 7) is 1.17. The smallest absolute Gasteiger partial charge is 0.356 e. The molecule has 0 spiro atoms. The van der Waals surface area contributed by atoms with Gasteiger partial charge in [-0.25, -0.2) is 34.1 Å². The number of carboxylic acid groups (broad SMARTS) is 1. The molecule has 36 heavy (non-hydrogen) atoms. The Morgan fingerprint density at radius 2 is 2.00 bits per heavy atom. The number of carboxylic acids is 1. The van der Waals surface area contributed by atoms with E-state index in [2.05, 4.69) is 35.2 Å². The summed E-state index contributed by atoms with van der Waals surface area (Å²) < 4.78 is 14.5. The Morgan fingerprint density at radius 3 is 2.81 bits per heavy atom. The summed E-state index contributed by atoms with van der Waals surface area (Å²) in [5.41, 5.74) is 0.666. The van der Waals surface area contributed by atoms with Gasteiger partial charge < -0.3 is 20.3 Å². The first-order chi connectivity index (χ1) is 17.4. The number of nitrogens with zero attached hydrogens (tertiary/aromatic N) is 6. The molecule has 11 nitrogen and oxygen atoms in total. The highest BCUT2D eigenvalue weighted by atomic mass is 35.5. The summed E-state index contributed by atoms with van der Waals surface area (Å²) in [5.74, 6) is -2.09. The molecule has 5 heterocycles. The molecule has 0 aliphatic carbocycles. The Hall–Kier alpha value is -4.19. The fourth-order valence-corrected chi connectivity index (χ4v) is 4.40. The maximum atomic E-state index is 14.5. The minimum absolute atomic E-state index is 0.0124. The zero-order valence-corrected chi connectivity index (χ0v) is 19.5. The fourth-order valence-electron chi connectivity index (χ4n) is 4.24. The maximum Gasteiger partial charge on any atom is 0.356 e. The number of piperidine rings is 1. The van der Waals surface area contributed by atoms with E-state index < -0.39 is 17.7 Å². The summed E-state index contributed by atoms with van der Waals surface area (Å²) in [4.78, 5) is 49.3. The van der Waals surface area contributed by atoms with Crippen molar-refractivity contribution in [3.63, 3.8) is 0 Å².